The fourth-order valence-electron chi connectivity index (χ4n) is 2.98. The second-order valence-electron chi connectivity index (χ2n) is 5.88. The maximum Gasteiger partial charge on any atom is 0.294 e. The number of β-amino-alcohol motifs (C(OH)–C–C–N with tert-alkyl or cyclic N) is 2. The van der Waals surface area contributed by atoms with Crippen LogP contribution in [0.15, 0.2) is 27.4 Å². The average Bonchev–Trinajstić information content (AvgIpc) is 3.00. The summed E-state index contributed by atoms with van der Waals surface area (Å²) in [6.07, 6.45) is -1.56. The van der Waals surface area contributed by atoms with Gasteiger partial charge >= 0.3 is 0 Å². The first-order chi connectivity index (χ1) is 11.0. The predicted molar refractivity (Wildman–Crippen MR) is 84.8 cm³/mol. The molecule has 2 radical (unpaired) electrons. The fraction of sp³-hybridized carbons (Fsp3) is 0.333. The molecular formula is C15H14BN3O4. The van der Waals surface area contributed by atoms with Crippen LogP contribution in [0.3, 0.4) is 0 Å². The Kier molecular flexibility index (Phi) is 3.26. The van der Waals surface area contributed by atoms with E-state index in [2.05, 4.69) is 9.97 Å². The summed E-state index contributed by atoms with van der Waals surface area (Å²) >= 11 is 0. The van der Waals surface area contributed by atoms with Gasteiger partial charge in [-0.05, 0) is 6.07 Å². The molecule has 3 aromatic rings. The van der Waals surface area contributed by atoms with Crippen molar-refractivity contribution in [3.05, 3.63) is 34.4 Å². The number of benzene rings is 1. The zero-order valence-corrected chi connectivity index (χ0v) is 12.2. The Labute approximate surface area is 132 Å². The van der Waals surface area contributed by atoms with E-state index in [9.17, 15) is 15.0 Å². The normalized spacial score (nSPS) is 22.3. The number of fused-ring (bicyclic) bond motifs is 3. The number of furan rings is 1. The van der Waals surface area contributed by atoms with Gasteiger partial charge in [-0.2, -0.15) is 0 Å². The fourth-order valence-corrected chi connectivity index (χ4v) is 2.98. The van der Waals surface area contributed by atoms with Crippen molar-refractivity contribution >= 4 is 35.4 Å². The van der Waals surface area contributed by atoms with Crippen molar-refractivity contribution in [2.45, 2.75) is 18.8 Å². The minimum Gasteiger partial charge on any atom is -0.449 e. The van der Waals surface area contributed by atoms with Crippen LogP contribution in [0.4, 0.5) is 0 Å². The molecule has 0 saturated carbocycles. The van der Waals surface area contributed by atoms with Crippen LogP contribution in [0.5, 0.6) is 0 Å². The number of aliphatic hydroxyl groups is 2. The van der Waals surface area contributed by atoms with E-state index in [1.165, 1.54) is 0 Å². The Morgan fingerprint density at radius 1 is 1.35 bits per heavy atom. The number of aliphatic hydroxyl groups excluding tert-OH is 2. The quantitative estimate of drug-likeness (QED) is 0.525. The van der Waals surface area contributed by atoms with Crippen LogP contribution >= 0.6 is 0 Å². The highest BCUT2D eigenvalue weighted by Gasteiger charge is 2.30. The van der Waals surface area contributed by atoms with Crippen LogP contribution in [0.1, 0.15) is 5.82 Å². The molecule has 3 heterocycles. The smallest absolute Gasteiger partial charge is 0.294 e. The molecule has 116 valence electrons. The van der Waals surface area contributed by atoms with Crippen LogP contribution in [0.25, 0.3) is 22.1 Å². The summed E-state index contributed by atoms with van der Waals surface area (Å²) in [5, 5.41) is 19.9. The Bertz CT molecular complexity index is 941. The van der Waals surface area contributed by atoms with Gasteiger partial charge in [-0.25, -0.2) is 4.98 Å². The first-order valence-corrected chi connectivity index (χ1v) is 7.30. The Morgan fingerprint density at radius 3 is 2.83 bits per heavy atom. The third kappa shape index (κ3) is 2.44. The summed E-state index contributed by atoms with van der Waals surface area (Å²) in [4.78, 5) is 21.2. The standard InChI is InChI=1S/C15H14BN3O4/c16-7-1-2-11-8(3-7)13-14(23-11)15(22)18-12(17-13)6-19-4-9(20)10(21)5-19/h1-3,9-10,20-21H,4-6H2,(H,17,18,22)/t9-,10-/m0/s1. The zero-order valence-electron chi connectivity index (χ0n) is 12.2. The van der Waals surface area contributed by atoms with Gasteiger partial charge in [0, 0.05) is 18.5 Å². The molecule has 0 unspecified atom stereocenters. The highest BCUT2D eigenvalue weighted by atomic mass is 16.3. The van der Waals surface area contributed by atoms with Gasteiger partial charge in [0.05, 0.1) is 18.8 Å². The third-order valence-electron chi connectivity index (χ3n) is 4.10. The van der Waals surface area contributed by atoms with E-state index in [1.54, 1.807) is 18.2 Å². The number of aromatic amines is 1. The molecule has 0 aliphatic carbocycles. The molecule has 8 heteroatoms. The van der Waals surface area contributed by atoms with Crippen molar-refractivity contribution in [3.8, 4) is 0 Å². The van der Waals surface area contributed by atoms with E-state index < -0.39 is 12.2 Å². The molecule has 2 atom stereocenters. The monoisotopic (exact) mass is 311 g/mol. The summed E-state index contributed by atoms with van der Waals surface area (Å²) in [6, 6.07) is 5.13. The first-order valence-electron chi connectivity index (χ1n) is 7.30. The number of nitrogens with zero attached hydrogens (tertiary/aromatic N) is 2. The van der Waals surface area contributed by atoms with E-state index >= 15 is 0 Å². The number of aromatic nitrogens is 2. The molecule has 23 heavy (non-hydrogen) atoms. The molecule has 1 fully saturated rings. The van der Waals surface area contributed by atoms with Crippen LogP contribution in [0.2, 0.25) is 0 Å². The highest BCUT2D eigenvalue weighted by molar-refractivity contribution is 6.33. The Morgan fingerprint density at radius 2 is 2.09 bits per heavy atom. The number of hydrogen-bond acceptors (Lipinski definition) is 6. The number of rotatable bonds is 2. The molecule has 2 aromatic heterocycles. The zero-order chi connectivity index (χ0) is 16.1. The van der Waals surface area contributed by atoms with E-state index in [0.29, 0.717) is 47.4 Å². The molecule has 3 N–H and O–H groups in total. The molecule has 1 aliphatic heterocycles. The molecular weight excluding hydrogens is 297 g/mol. The topological polar surface area (TPSA) is 103 Å². The molecule has 1 aliphatic rings. The van der Waals surface area contributed by atoms with Gasteiger partial charge < -0.3 is 19.6 Å². The summed E-state index contributed by atoms with van der Waals surface area (Å²) in [6.45, 7) is 0.998. The van der Waals surface area contributed by atoms with E-state index in [0.717, 1.165) is 0 Å². The molecule has 7 nitrogen and oxygen atoms in total. The highest BCUT2D eigenvalue weighted by Crippen LogP contribution is 2.24. The van der Waals surface area contributed by atoms with Crippen molar-refractivity contribution in [2.75, 3.05) is 13.1 Å². The van der Waals surface area contributed by atoms with E-state index in [1.807, 2.05) is 4.90 Å². The van der Waals surface area contributed by atoms with Gasteiger partial charge in [-0.1, -0.05) is 17.6 Å². The minimum absolute atomic E-state index is 0.163. The van der Waals surface area contributed by atoms with Gasteiger partial charge in [-0.15, -0.1) is 0 Å². The molecule has 1 aromatic carbocycles. The number of H-pyrrole nitrogens is 1. The Balaban J connectivity index is 1.78. The van der Waals surface area contributed by atoms with Crippen LogP contribution in [-0.2, 0) is 6.54 Å². The maximum atomic E-state index is 12.2. The summed E-state index contributed by atoms with van der Waals surface area (Å²) in [5.41, 5.74) is 1.38. The Hall–Kier alpha value is -2.16. The summed E-state index contributed by atoms with van der Waals surface area (Å²) in [5.74, 6) is 0.453. The average molecular weight is 311 g/mol. The number of likely N-dealkylation sites (tertiary alicyclic amines) is 1. The van der Waals surface area contributed by atoms with Crippen molar-refractivity contribution in [2.24, 2.45) is 0 Å². The van der Waals surface area contributed by atoms with Crippen LogP contribution in [0, 0.1) is 0 Å². The summed E-state index contributed by atoms with van der Waals surface area (Å²) < 4.78 is 5.54. The lowest BCUT2D eigenvalue weighted by molar-refractivity contribution is 0.0572. The molecule has 0 bridgehead atoms. The van der Waals surface area contributed by atoms with Gasteiger partial charge in [0.25, 0.3) is 5.56 Å². The van der Waals surface area contributed by atoms with Crippen molar-refractivity contribution in [1.82, 2.24) is 14.9 Å². The van der Waals surface area contributed by atoms with Crippen molar-refractivity contribution < 1.29 is 14.6 Å². The largest absolute Gasteiger partial charge is 0.449 e. The van der Waals surface area contributed by atoms with E-state index in [4.69, 9.17) is 12.3 Å². The molecule has 4 rings (SSSR count). The maximum absolute atomic E-state index is 12.2. The van der Waals surface area contributed by atoms with Crippen molar-refractivity contribution in [3.63, 3.8) is 0 Å². The number of nitrogens with one attached hydrogen (secondary N) is 1. The van der Waals surface area contributed by atoms with Gasteiger partial charge in [-0.3, -0.25) is 9.69 Å². The van der Waals surface area contributed by atoms with Gasteiger partial charge in [0.1, 0.15) is 24.8 Å². The molecule has 0 amide bonds. The third-order valence-corrected chi connectivity index (χ3v) is 4.10. The second kappa shape index (κ2) is 5.19. The van der Waals surface area contributed by atoms with E-state index in [-0.39, 0.29) is 11.1 Å². The van der Waals surface area contributed by atoms with Crippen LogP contribution in [-0.4, -0.2) is 58.2 Å². The van der Waals surface area contributed by atoms with Crippen molar-refractivity contribution in [1.29, 1.82) is 0 Å². The number of hydrogen-bond donors (Lipinski definition) is 3. The van der Waals surface area contributed by atoms with Crippen LogP contribution < -0.4 is 11.0 Å². The lowest BCUT2D eigenvalue weighted by atomic mass is 9.95. The van der Waals surface area contributed by atoms with Gasteiger partial charge in [0.2, 0.25) is 5.58 Å². The molecule has 0 spiro atoms. The lowest BCUT2D eigenvalue weighted by Crippen LogP contribution is -2.24. The van der Waals surface area contributed by atoms with Gasteiger partial charge in [0.15, 0.2) is 0 Å². The summed E-state index contributed by atoms with van der Waals surface area (Å²) in [7, 11) is 5.79. The minimum atomic E-state index is -0.778. The second-order valence-corrected chi connectivity index (χ2v) is 5.88. The first kappa shape index (κ1) is 14.4. The predicted octanol–water partition coefficient (Wildman–Crippen LogP) is -1.000. The lowest BCUT2D eigenvalue weighted by Gasteiger charge is -2.13. The SMILES string of the molecule is [B]c1ccc2oc3c(=O)[nH]c(CN4C[C@H](O)[C@@H](O)C4)nc3c2c1. The molecule has 1 saturated heterocycles.